The number of nitrogens with one attached hydrogen (secondary N) is 1. The van der Waals surface area contributed by atoms with Crippen LogP contribution in [0.2, 0.25) is 0 Å². The fourth-order valence-corrected chi connectivity index (χ4v) is 3.64. The summed E-state index contributed by atoms with van der Waals surface area (Å²) >= 11 is 0. The van der Waals surface area contributed by atoms with E-state index in [4.69, 9.17) is 9.97 Å². The van der Waals surface area contributed by atoms with Crippen LogP contribution in [-0.4, -0.2) is 20.2 Å². The van der Waals surface area contributed by atoms with E-state index in [1.165, 1.54) is 0 Å². The molecule has 0 fully saturated rings. The highest BCUT2D eigenvalue weighted by molar-refractivity contribution is 5.87. The fraction of sp³-hybridized carbons (Fsp3) is 0.0370. The van der Waals surface area contributed by atoms with Crippen molar-refractivity contribution in [3.63, 3.8) is 0 Å². The number of benzene rings is 4. The topological polar surface area (TPSA) is 78.3 Å². The summed E-state index contributed by atoms with van der Waals surface area (Å²) in [4.78, 5) is 9.88. The summed E-state index contributed by atoms with van der Waals surface area (Å²) in [5.41, 5.74) is 6.66. The Morgan fingerprint density at radius 3 is 2.03 bits per heavy atom. The van der Waals surface area contributed by atoms with Crippen LogP contribution in [0.1, 0.15) is 5.56 Å². The van der Waals surface area contributed by atoms with Crippen molar-refractivity contribution in [1.82, 2.24) is 9.97 Å². The summed E-state index contributed by atoms with van der Waals surface area (Å²) in [6.07, 6.45) is 0. The Hall–Kier alpha value is -4.38. The molecule has 0 aliphatic rings. The molecule has 0 saturated carbocycles. The number of hydrogen-bond donors (Lipinski definition) is 3. The monoisotopic (exact) mass is 419 g/mol. The summed E-state index contributed by atoms with van der Waals surface area (Å²) in [6.45, 7) is 0.499. The van der Waals surface area contributed by atoms with Gasteiger partial charge >= 0.3 is 0 Å². The average Bonchev–Trinajstić information content (AvgIpc) is 2.84. The van der Waals surface area contributed by atoms with Gasteiger partial charge in [0.15, 0.2) is 0 Å². The molecule has 0 spiro atoms. The second-order valence-corrected chi connectivity index (χ2v) is 7.52. The Labute approximate surface area is 185 Å². The fourth-order valence-electron chi connectivity index (χ4n) is 3.64. The van der Waals surface area contributed by atoms with Crippen LogP contribution in [0.3, 0.4) is 0 Å². The van der Waals surface area contributed by atoms with Crippen LogP contribution in [0.15, 0.2) is 97.1 Å². The number of aromatic nitrogens is 2. The lowest BCUT2D eigenvalue weighted by molar-refractivity contribution is 0.469. The van der Waals surface area contributed by atoms with Crippen LogP contribution in [0.4, 0.5) is 5.69 Å². The lowest BCUT2D eigenvalue weighted by Gasteiger charge is -2.12. The zero-order valence-electron chi connectivity index (χ0n) is 17.2. The van der Waals surface area contributed by atoms with Crippen LogP contribution >= 0.6 is 0 Å². The van der Waals surface area contributed by atoms with Gasteiger partial charge < -0.3 is 15.5 Å². The first-order valence-electron chi connectivity index (χ1n) is 10.3. The Morgan fingerprint density at radius 2 is 1.28 bits per heavy atom. The summed E-state index contributed by atoms with van der Waals surface area (Å²) in [6, 6.07) is 30.1. The molecule has 0 saturated heterocycles. The molecule has 3 N–H and O–H groups in total. The summed E-state index contributed by atoms with van der Waals surface area (Å²) < 4.78 is 0. The third kappa shape index (κ3) is 3.96. The Bertz CT molecular complexity index is 1380. The van der Waals surface area contributed by atoms with Crippen molar-refractivity contribution >= 4 is 16.7 Å². The third-order valence-corrected chi connectivity index (χ3v) is 5.33. The maximum Gasteiger partial charge on any atom is 0.120 e. The third-order valence-electron chi connectivity index (χ3n) is 5.33. The number of hydrogen-bond acceptors (Lipinski definition) is 5. The van der Waals surface area contributed by atoms with Gasteiger partial charge in [-0.2, -0.15) is 0 Å². The van der Waals surface area contributed by atoms with Gasteiger partial charge in [-0.05, 0) is 48.5 Å². The molecule has 4 aromatic carbocycles. The molecule has 0 atom stereocenters. The highest BCUT2D eigenvalue weighted by Crippen LogP contribution is 2.32. The van der Waals surface area contributed by atoms with Crippen LogP contribution in [0.5, 0.6) is 11.5 Å². The number of rotatable bonds is 5. The van der Waals surface area contributed by atoms with Crippen molar-refractivity contribution < 1.29 is 10.2 Å². The lowest BCUT2D eigenvalue weighted by atomic mass is 10.0. The zero-order valence-corrected chi connectivity index (χ0v) is 17.2. The van der Waals surface area contributed by atoms with Gasteiger partial charge in [0.2, 0.25) is 0 Å². The largest absolute Gasteiger partial charge is 0.508 e. The van der Waals surface area contributed by atoms with Crippen molar-refractivity contribution in [3.8, 4) is 34.0 Å². The quantitative estimate of drug-likeness (QED) is 0.326. The van der Waals surface area contributed by atoms with E-state index >= 15 is 0 Å². The highest BCUT2D eigenvalue weighted by Gasteiger charge is 2.14. The van der Waals surface area contributed by atoms with Crippen LogP contribution in [0.25, 0.3) is 33.5 Å². The molecule has 1 heterocycles. The summed E-state index contributed by atoms with van der Waals surface area (Å²) in [5, 5.41) is 23.1. The molecule has 1 aromatic heterocycles. The minimum Gasteiger partial charge on any atom is -0.508 e. The average molecular weight is 419 g/mol. The van der Waals surface area contributed by atoms with E-state index in [0.717, 1.165) is 44.8 Å². The van der Waals surface area contributed by atoms with E-state index in [2.05, 4.69) is 5.32 Å². The molecule has 0 bridgehead atoms. The first kappa shape index (κ1) is 19.6. The van der Waals surface area contributed by atoms with Gasteiger partial charge in [-0.1, -0.05) is 48.5 Å². The van der Waals surface area contributed by atoms with E-state index in [0.29, 0.717) is 6.54 Å². The van der Waals surface area contributed by atoms with Crippen molar-refractivity contribution in [3.05, 3.63) is 103 Å². The first-order valence-corrected chi connectivity index (χ1v) is 10.3. The van der Waals surface area contributed by atoms with E-state index in [-0.39, 0.29) is 11.5 Å². The molecular formula is C27H21N3O2. The molecule has 5 heteroatoms. The van der Waals surface area contributed by atoms with Gasteiger partial charge in [-0.3, -0.25) is 0 Å². The normalized spacial score (nSPS) is 10.9. The van der Waals surface area contributed by atoms with Crippen LogP contribution in [0, 0.1) is 0 Å². The van der Waals surface area contributed by atoms with Crippen molar-refractivity contribution in [2.75, 3.05) is 5.32 Å². The zero-order chi connectivity index (χ0) is 21.9. The molecule has 0 amide bonds. The van der Waals surface area contributed by atoms with Crippen molar-refractivity contribution in [1.29, 1.82) is 0 Å². The first-order chi connectivity index (χ1) is 15.7. The maximum absolute atomic E-state index is 10.0. The highest BCUT2D eigenvalue weighted by atomic mass is 16.3. The van der Waals surface area contributed by atoms with Gasteiger partial charge in [-0.25, -0.2) is 9.97 Å². The number of fused-ring (bicyclic) bond motifs is 1. The van der Waals surface area contributed by atoms with E-state index in [1.54, 1.807) is 24.3 Å². The number of phenolic OH excluding ortho intramolecular Hbond substituents is 2. The van der Waals surface area contributed by atoms with Gasteiger partial charge in [0.05, 0.1) is 22.4 Å². The summed E-state index contributed by atoms with van der Waals surface area (Å²) in [7, 11) is 0. The van der Waals surface area contributed by atoms with E-state index < -0.39 is 0 Å². The number of phenols is 2. The Kier molecular flexibility index (Phi) is 5.14. The second kappa shape index (κ2) is 8.40. The van der Waals surface area contributed by atoms with Crippen molar-refractivity contribution in [2.24, 2.45) is 0 Å². The SMILES string of the molecule is Oc1ccc(-c2nc3cc(NCc4ccccc4O)ccc3nc2-c2ccccc2)cc1. The van der Waals surface area contributed by atoms with Crippen LogP contribution < -0.4 is 5.32 Å². The molecule has 0 unspecified atom stereocenters. The molecule has 5 nitrogen and oxygen atoms in total. The van der Waals surface area contributed by atoms with E-state index in [9.17, 15) is 10.2 Å². The predicted octanol–water partition coefficient (Wildman–Crippen LogP) is 5.99. The molecule has 5 aromatic rings. The van der Waals surface area contributed by atoms with Gasteiger partial charge in [0, 0.05) is 28.9 Å². The van der Waals surface area contributed by atoms with E-state index in [1.807, 2.05) is 72.8 Å². The Morgan fingerprint density at radius 1 is 0.625 bits per heavy atom. The minimum absolute atomic E-state index is 0.208. The molecule has 0 aliphatic carbocycles. The predicted molar refractivity (Wildman–Crippen MR) is 128 cm³/mol. The summed E-state index contributed by atoms with van der Waals surface area (Å²) in [5.74, 6) is 0.474. The standard InChI is InChI=1S/C27H21N3O2/c31-22-13-10-19(11-14-22)27-26(18-6-2-1-3-7-18)29-23-15-12-21(16-24(23)30-27)28-17-20-8-4-5-9-25(20)32/h1-16,28,31-32H,17H2. The van der Waals surface area contributed by atoms with Gasteiger partial charge in [0.25, 0.3) is 0 Å². The molecule has 5 rings (SSSR count). The maximum atomic E-state index is 10.0. The van der Waals surface area contributed by atoms with Crippen molar-refractivity contribution in [2.45, 2.75) is 6.54 Å². The minimum atomic E-state index is 0.208. The molecule has 156 valence electrons. The number of para-hydroxylation sites is 1. The molecule has 0 aliphatic heterocycles. The second-order valence-electron chi connectivity index (χ2n) is 7.52. The van der Waals surface area contributed by atoms with Gasteiger partial charge in [0.1, 0.15) is 11.5 Å². The number of nitrogens with zero attached hydrogens (tertiary/aromatic N) is 2. The van der Waals surface area contributed by atoms with Crippen LogP contribution in [-0.2, 0) is 6.54 Å². The van der Waals surface area contributed by atoms with Gasteiger partial charge in [-0.15, -0.1) is 0 Å². The molecular weight excluding hydrogens is 398 g/mol. The Balaban J connectivity index is 1.57. The number of anilines is 1. The molecule has 0 radical (unpaired) electrons. The lowest BCUT2D eigenvalue weighted by Crippen LogP contribution is -2.01. The number of aromatic hydroxyl groups is 2. The molecule has 32 heavy (non-hydrogen) atoms. The smallest absolute Gasteiger partial charge is 0.120 e.